The van der Waals surface area contributed by atoms with Crippen molar-refractivity contribution in [2.75, 3.05) is 47.8 Å². The average Bonchev–Trinajstić information content (AvgIpc) is 1.47. The summed E-state index contributed by atoms with van der Waals surface area (Å²) in [5, 5.41) is 16.1. The van der Waals surface area contributed by atoms with Crippen LogP contribution in [0.4, 0.5) is 45.5 Å². The summed E-state index contributed by atoms with van der Waals surface area (Å²) >= 11 is 0. The maximum absolute atomic E-state index is 2.56. The lowest BCUT2D eigenvalue weighted by Gasteiger charge is -2.34. The van der Waals surface area contributed by atoms with Crippen molar-refractivity contribution in [2.45, 2.75) is 163 Å². The van der Waals surface area contributed by atoms with E-state index in [4.69, 9.17) is 0 Å². The molecule has 0 unspecified atom stereocenters. The van der Waals surface area contributed by atoms with Crippen LogP contribution in [-0.4, -0.2) is 28.2 Å². The van der Waals surface area contributed by atoms with Crippen molar-refractivity contribution in [3.8, 4) is 66.8 Å². The van der Waals surface area contributed by atoms with Crippen LogP contribution in [0.2, 0.25) is 0 Å². The molecular formula is C133H124N4. The molecule has 0 heterocycles. The van der Waals surface area contributed by atoms with Gasteiger partial charge in [0.25, 0.3) is 0 Å². The SMILES string of the molecule is CCCCCCC1(CCCCCC)c2cc(C)ccc2-c2ccc(N(C)c3cccc(-c4ccc5c(c4)CC5)c3)cc21.Cc1cc2cccc3c(N(C)c4cccc(-c5ccc6c(c5)CC6)c4)cc4cccc1c4c23.Cc1ccc(-c2ccc(N(C)c3cccc(-c4ccc5c(c4)CC5)c3)cc2)cc1.Cc1ccc2cc(N(C)c3cccc(-c4ccc5c(c4)CC5)c3)c3cccc4ccc1c2c43. The Bertz CT molecular complexity index is 7770. The standard InChI is InChI=1S/C41H49N.2C32H25N.C28H25N/c1-5-7-9-11-24-41(25-12-10-8-6-2)39-26-30(3)16-22-37(39)38-23-21-36(29-40(38)41)42(4)35-15-13-14-32(28-35)34-20-18-31-17-19-33(31)27-34;1-20-16-25-7-5-11-29-30(19-26-8-4-10-28(20)31(26)32(25)29)33(2)27-9-3-6-22(18-27)24-15-13-21-12-14-23(21)17-24;1-20-9-10-26-19-30(29-8-4-5-22-15-16-28(20)32(26)31(22)29)33(2)27-7-3-6-23(18-27)25-14-12-21-11-13-24(21)17-25;1-20-6-8-21(9-7-20)22-14-16-27(17-15-22)29(2)28-5-3-4-24(19-28)26-13-11-23-10-12-25(23)18-26/h13-16,18,20-23,26-29H,5-12,17,19,24-25H2,1-4H3;3-11,13,15-19H,12,14H2,1-2H3;3-10,12,14-19H,11,13H2,1-2H3;3-9,11,13-19H,10,12H2,1-2H3. The molecule has 0 radical (unpaired) electrons. The van der Waals surface area contributed by atoms with Crippen LogP contribution < -0.4 is 19.6 Å². The van der Waals surface area contributed by atoms with Crippen molar-refractivity contribution in [3.05, 3.63) is 430 Å². The predicted octanol–water partition coefficient (Wildman–Crippen LogP) is 35.8. The molecule has 0 atom stereocenters. The molecule has 25 rings (SSSR count). The first kappa shape index (κ1) is 88.0. The summed E-state index contributed by atoms with van der Waals surface area (Å²) in [6.07, 6.45) is 22.8. The number of fused-ring (bicyclic) bond motifs is 7. The van der Waals surface area contributed by atoms with E-state index in [0.29, 0.717) is 0 Å². The fourth-order valence-corrected chi connectivity index (χ4v) is 23.0. The lowest BCUT2D eigenvalue weighted by molar-refractivity contribution is 0.401. The summed E-state index contributed by atoms with van der Waals surface area (Å²) in [6.45, 7) is 13.5. The van der Waals surface area contributed by atoms with E-state index in [1.807, 2.05) is 0 Å². The molecule has 20 aromatic rings. The quantitative estimate of drug-likeness (QED) is 0.0467. The van der Waals surface area contributed by atoms with Crippen LogP contribution in [-0.2, 0) is 56.8 Å². The molecule has 0 saturated heterocycles. The van der Waals surface area contributed by atoms with Crippen molar-refractivity contribution in [2.24, 2.45) is 0 Å². The monoisotopic (exact) mass is 1780 g/mol. The first-order chi connectivity index (χ1) is 67.0. The van der Waals surface area contributed by atoms with Gasteiger partial charge in [-0.25, -0.2) is 0 Å². The van der Waals surface area contributed by atoms with Crippen LogP contribution in [0.25, 0.3) is 131 Å². The molecule has 0 saturated carbocycles. The predicted molar refractivity (Wildman–Crippen MR) is 591 cm³/mol. The normalized spacial score (nSPS) is 13.2. The van der Waals surface area contributed by atoms with Gasteiger partial charge in [0.15, 0.2) is 0 Å². The van der Waals surface area contributed by atoms with Gasteiger partial charge in [-0.15, -0.1) is 0 Å². The van der Waals surface area contributed by atoms with Gasteiger partial charge in [0.1, 0.15) is 0 Å². The summed E-state index contributed by atoms with van der Waals surface area (Å²) in [6, 6.07) is 132. The maximum atomic E-state index is 2.56. The van der Waals surface area contributed by atoms with Gasteiger partial charge < -0.3 is 19.6 Å². The van der Waals surface area contributed by atoms with Crippen LogP contribution in [0.3, 0.4) is 0 Å². The lowest BCUT2D eigenvalue weighted by Crippen LogP contribution is -2.26. The fourth-order valence-electron chi connectivity index (χ4n) is 23.0. The number of rotatable bonds is 23. The molecule has 0 amide bonds. The number of benzene rings is 20. The highest BCUT2D eigenvalue weighted by Crippen LogP contribution is 2.57. The Morgan fingerprint density at radius 1 is 0.219 bits per heavy atom. The largest absolute Gasteiger partial charge is 0.345 e. The summed E-state index contributed by atoms with van der Waals surface area (Å²) in [5.74, 6) is 0. The zero-order valence-electron chi connectivity index (χ0n) is 81.5. The lowest BCUT2D eigenvalue weighted by atomic mass is 9.70. The van der Waals surface area contributed by atoms with Crippen molar-refractivity contribution < 1.29 is 0 Å². The topological polar surface area (TPSA) is 13.0 Å². The molecule has 676 valence electrons. The van der Waals surface area contributed by atoms with Gasteiger partial charge in [-0.1, -0.05) is 343 Å². The van der Waals surface area contributed by atoms with Crippen LogP contribution in [0.1, 0.15) is 156 Å². The smallest absolute Gasteiger partial charge is 0.0494 e. The first-order valence-corrected chi connectivity index (χ1v) is 50.7. The number of hydrogen-bond donors (Lipinski definition) is 0. The van der Waals surface area contributed by atoms with E-state index in [2.05, 4.69) is 441 Å². The number of anilines is 8. The molecule has 4 heteroatoms. The van der Waals surface area contributed by atoms with E-state index < -0.39 is 0 Å². The Morgan fingerprint density at radius 3 is 1.01 bits per heavy atom. The van der Waals surface area contributed by atoms with Crippen molar-refractivity contribution in [1.82, 2.24) is 0 Å². The Balaban J connectivity index is 0.000000106. The number of nitrogens with zero attached hydrogens (tertiary/aromatic N) is 4. The molecule has 0 fully saturated rings. The van der Waals surface area contributed by atoms with Gasteiger partial charge in [-0.3, -0.25) is 0 Å². The zero-order chi connectivity index (χ0) is 93.1. The van der Waals surface area contributed by atoms with E-state index in [-0.39, 0.29) is 5.41 Å². The number of unbranched alkanes of at least 4 members (excludes halogenated alkanes) is 6. The van der Waals surface area contributed by atoms with Gasteiger partial charge in [0.05, 0.1) is 0 Å². The van der Waals surface area contributed by atoms with Gasteiger partial charge in [-0.05, 0) is 364 Å². The highest BCUT2D eigenvalue weighted by atomic mass is 15.1. The van der Waals surface area contributed by atoms with Crippen LogP contribution in [0.5, 0.6) is 0 Å². The Kier molecular flexibility index (Phi) is 24.0. The Hall–Kier alpha value is -14.3. The summed E-state index contributed by atoms with van der Waals surface area (Å²) < 4.78 is 0. The van der Waals surface area contributed by atoms with E-state index in [9.17, 15) is 0 Å². The first-order valence-electron chi connectivity index (χ1n) is 50.7. The third kappa shape index (κ3) is 16.8. The van der Waals surface area contributed by atoms with E-state index in [0.717, 1.165) is 0 Å². The summed E-state index contributed by atoms with van der Waals surface area (Å²) in [7, 11) is 8.77. The minimum Gasteiger partial charge on any atom is -0.345 e. The molecule has 5 aliphatic carbocycles. The molecule has 0 bridgehead atoms. The molecular weight excluding hydrogens is 1650 g/mol. The average molecular weight is 1780 g/mol. The van der Waals surface area contributed by atoms with E-state index in [1.54, 1.807) is 11.1 Å². The van der Waals surface area contributed by atoms with Gasteiger partial charge in [0.2, 0.25) is 0 Å². The molecule has 0 N–H and O–H groups in total. The molecule has 4 nitrogen and oxygen atoms in total. The van der Waals surface area contributed by atoms with Crippen LogP contribution in [0.15, 0.2) is 352 Å². The minimum atomic E-state index is 0.114. The fraction of sp³-hybridized carbons (Fsp3) is 0.218. The second-order valence-electron chi connectivity index (χ2n) is 40.1. The number of hydrogen-bond acceptors (Lipinski definition) is 4. The molecule has 5 aliphatic rings. The van der Waals surface area contributed by atoms with Crippen molar-refractivity contribution in [1.29, 1.82) is 0 Å². The van der Waals surface area contributed by atoms with Crippen LogP contribution in [0, 0.1) is 27.7 Å². The molecule has 0 aliphatic heterocycles. The van der Waals surface area contributed by atoms with Gasteiger partial charge >= 0.3 is 0 Å². The highest BCUT2D eigenvalue weighted by molar-refractivity contribution is 6.28. The molecule has 0 spiro atoms. The second kappa shape index (κ2) is 37.4. The minimum absolute atomic E-state index is 0.114. The Labute approximate surface area is 811 Å². The van der Waals surface area contributed by atoms with Gasteiger partial charge in [0, 0.05) is 89.9 Å². The summed E-state index contributed by atoms with van der Waals surface area (Å²) in [4.78, 5) is 9.35. The third-order valence-corrected chi connectivity index (χ3v) is 31.6. The summed E-state index contributed by atoms with van der Waals surface area (Å²) in [5.41, 5.74) is 46.4. The van der Waals surface area contributed by atoms with Crippen LogP contribution >= 0.6 is 0 Å². The Morgan fingerprint density at radius 2 is 0.555 bits per heavy atom. The zero-order valence-corrected chi connectivity index (χ0v) is 81.5. The number of aryl methyl sites for hydroxylation is 12. The van der Waals surface area contributed by atoms with E-state index in [1.165, 1.54) is 359 Å². The third-order valence-electron chi connectivity index (χ3n) is 31.6. The maximum Gasteiger partial charge on any atom is 0.0494 e. The van der Waals surface area contributed by atoms with Crippen molar-refractivity contribution in [3.63, 3.8) is 0 Å². The second-order valence-corrected chi connectivity index (χ2v) is 40.1. The molecule has 137 heavy (non-hydrogen) atoms. The van der Waals surface area contributed by atoms with E-state index >= 15 is 0 Å². The molecule has 20 aromatic carbocycles. The van der Waals surface area contributed by atoms with Crippen molar-refractivity contribution >= 4 is 110 Å². The van der Waals surface area contributed by atoms with Gasteiger partial charge in [-0.2, -0.15) is 0 Å². The molecule has 0 aromatic heterocycles. The highest BCUT2D eigenvalue weighted by Gasteiger charge is 2.43.